The normalized spacial score (nSPS) is 10.6. The number of nitrogens with zero attached hydrogens (tertiary/aromatic N) is 2. The third kappa shape index (κ3) is 3.71. The molecule has 0 amide bonds. The van der Waals surface area contributed by atoms with Gasteiger partial charge in [0, 0.05) is 11.3 Å². The molecule has 0 bridgehead atoms. The summed E-state index contributed by atoms with van der Waals surface area (Å²) in [5.74, 6) is 0.760. The summed E-state index contributed by atoms with van der Waals surface area (Å²) in [6, 6.07) is 17.0. The molecule has 0 aliphatic rings. The van der Waals surface area contributed by atoms with E-state index in [1.54, 1.807) is 7.11 Å². The van der Waals surface area contributed by atoms with E-state index < -0.39 is 0 Å². The van der Waals surface area contributed by atoms with Gasteiger partial charge >= 0.3 is 0 Å². The van der Waals surface area contributed by atoms with Gasteiger partial charge in [0.1, 0.15) is 11.4 Å². The van der Waals surface area contributed by atoms with Gasteiger partial charge in [-0.25, -0.2) is 10.1 Å². The van der Waals surface area contributed by atoms with Gasteiger partial charge in [0.2, 0.25) is 0 Å². The Labute approximate surface area is 169 Å². The molecule has 0 saturated heterocycles. The van der Waals surface area contributed by atoms with Crippen LogP contribution in [0, 0.1) is 0 Å². The predicted molar refractivity (Wildman–Crippen MR) is 116 cm³/mol. The molecule has 0 fully saturated rings. The molecule has 0 spiro atoms. The van der Waals surface area contributed by atoms with Gasteiger partial charge in [0.25, 0.3) is 5.56 Å². The smallest absolute Gasteiger partial charge is 0.291 e. The number of anilines is 2. The molecular weight excluding hydrogens is 394 g/mol. The Morgan fingerprint density at radius 1 is 1.11 bits per heavy atom. The second-order valence-corrected chi connectivity index (χ2v) is 7.18. The minimum atomic E-state index is -0.340. The number of ether oxygens (including phenoxy) is 1. The Morgan fingerprint density at radius 2 is 1.86 bits per heavy atom. The summed E-state index contributed by atoms with van der Waals surface area (Å²) < 4.78 is 5.84. The monoisotopic (exact) mass is 409 g/mol. The highest BCUT2D eigenvalue weighted by molar-refractivity contribution is 7.80. The van der Waals surface area contributed by atoms with Crippen LogP contribution in [0.4, 0.5) is 10.8 Å². The van der Waals surface area contributed by atoms with E-state index in [0.29, 0.717) is 26.2 Å². The van der Waals surface area contributed by atoms with Gasteiger partial charge in [-0.15, -0.1) is 0 Å². The number of hydrogen-bond acceptors (Lipinski definition) is 6. The third-order valence-corrected chi connectivity index (χ3v) is 5.12. The van der Waals surface area contributed by atoms with Crippen LogP contribution in [0.5, 0.6) is 5.75 Å². The first-order chi connectivity index (χ1) is 13.6. The molecule has 0 unspecified atom stereocenters. The SMILES string of the molecule is COc1ccc(NC(=S)Nc2nc3c(=O)[nH]nc(-c4ccccc4)c3s2)cc1. The van der Waals surface area contributed by atoms with Crippen LogP contribution in [0.25, 0.3) is 21.5 Å². The van der Waals surface area contributed by atoms with Crippen molar-refractivity contribution in [1.82, 2.24) is 15.2 Å². The van der Waals surface area contributed by atoms with Crippen molar-refractivity contribution >= 4 is 49.7 Å². The maximum Gasteiger partial charge on any atom is 0.291 e. The number of aromatic nitrogens is 3. The van der Waals surface area contributed by atoms with E-state index in [1.807, 2.05) is 54.6 Å². The molecule has 140 valence electrons. The van der Waals surface area contributed by atoms with E-state index in [0.717, 1.165) is 17.0 Å². The number of aromatic amines is 1. The molecule has 2 aromatic carbocycles. The van der Waals surface area contributed by atoms with Crippen molar-refractivity contribution in [3.8, 4) is 17.0 Å². The van der Waals surface area contributed by atoms with Crippen molar-refractivity contribution in [3.63, 3.8) is 0 Å². The van der Waals surface area contributed by atoms with Gasteiger partial charge in [0.05, 0.1) is 11.8 Å². The molecule has 2 heterocycles. The summed E-state index contributed by atoms with van der Waals surface area (Å²) >= 11 is 6.68. The van der Waals surface area contributed by atoms with Crippen LogP contribution in [0.3, 0.4) is 0 Å². The van der Waals surface area contributed by atoms with Crippen LogP contribution in [0.15, 0.2) is 59.4 Å². The summed E-state index contributed by atoms with van der Waals surface area (Å²) in [6.07, 6.45) is 0. The second-order valence-electron chi connectivity index (χ2n) is 5.77. The molecule has 0 aliphatic carbocycles. The number of hydrogen-bond donors (Lipinski definition) is 3. The van der Waals surface area contributed by atoms with E-state index in [-0.39, 0.29) is 5.56 Å². The Morgan fingerprint density at radius 3 is 2.57 bits per heavy atom. The molecule has 3 N–H and O–H groups in total. The largest absolute Gasteiger partial charge is 0.497 e. The van der Waals surface area contributed by atoms with Crippen LogP contribution in [-0.4, -0.2) is 27.4 Å². The van der Waals surface area contributed by atoms with E-state index in [2.05, 4.69) is 25.8 Å². The summed E-state index contributed by atoms with van der Waals surface area (Å²) in [5.41, 5.74) is 2.37. The summed E-state index contributed by atoms with van der Waals surface area (Å²) in [7, 11) is 1.61. The zero-order chi connectivity index (χ0) is 19.5. The fourth-order valence-electron chi connectivity index (χ4n) is 2.62. The first kappa shape index (κ1) is 18.1. The average Bonchev–Trinajstić information content (AvgIpc) is 3.14. The first-order valence-electron chi connectivity index (χ1n) is 8.31. The predicted octanol–water partition coefficient (Wildman–Crippen LogP) is 3.86. The molecule has 28 heavy (non-hydrogen) atoms. The highest BCUT2D eigenvalue weighted by Crippen LogP contribution is 2.31. The third-order valence-electron chi connectivity index (χ3n) is 3.94. The number of nitrogens with one attached hydrogen (secondary N) is 3. The van der Waals surface area contributed by atoms with Crippen molar-refractivity contribution in [1.29, 1.82) is 0 Å². The molecule has 4 rings (SSSR count). The lowest BCUT2D eigenvalue weighted by Crippen LogP contribution is -2.19. The molecule has 0 aliphatic heterocycles. The number of rotatable bonds is 4. The molecular formula is C19H15N5O2S2. The summed E-state index contributed by atoms with van der Waals surface area (Å²) in [5, 5.41) is 13.7. The Balaban J connectivity index is 1.60. The minimum Gasteiger partial charge on any atom is -0.497 e. The Hall–Kier alpha value is -3.30. The van der Waals surface area contributed by atoms with E-state index >= 15 is 0 Å². The average molecular weight is 409 g/mol. The molecule has 4 aromatic rings. The van der Waals surface area contributed by atoms with Gasteiger partial charge in [-0.3, -0.25) is 4.79 Å². The summed E-state index contributed by atoms with van der Waals surface area (Å²) in [6.45, 7) is 0. The van der Waals surface area contributed by atoms with Gasteiger partial charge in [-0.1, -0.05) is 41.7 Å². The number of fused-ring (bicyclic) bond motifs is 1. The first-order valence-corrected chi connectivity index (χ1v) is 9.53. The number of H-pyrrole nitrogens is 1. The molecule has 0 saturated carbocycles. The van der Waals surface area contributed by atoms with Crippen molar-refractivity contribution < 1.29 is 4.74 Å². The van der Waals surface area contributed by atoms with Crippen molar-refractivity contribution in [2.75, 3.05) is 17.7 Å². The molecule has 0 radical (unpaired) electrons. The second kappa shape index (κ2) is 7.75. The zero-order valence-electron chi connectivity index (χ0n) is 14.7. The van der Waals surface area contributed by atoms with Crippen LogP contribution in [0.2, 0.25) is 0 Å². The summed E-state index contributed by atoms with van der Waals surface area (Å²) in [4.78, 5) is 16.5. The quantitative estimate of drug-likeness (QED) is 0.441. The van der Waals surface area contributed by atoms with Gasteiger partial charge in [-0.2, -0.15) is 5.10 Å². The van der Waals surface area contributed by atoms with E-state index in [4.69, 9.17) is 17.0 Å². The lowest BCUT2D eigenvalue weighted by atomic mass is 10.1. The van der Waals surface area contributed by atoms with Crippen LogP contribution in [0.1, 0.15) is 0 Å². The van der Waals surface area contributed by atoms with E-state index in [9.17, 15) is 4.79 Å². The molecule has 7 nitrogen and oxygen atoms in total. The van der Waals surface area contributed by atoms with Crippen molar-refractivity contribution in [2.45, 2.75) is 0 Å². The van der Waals surface area contributed by atoms with E-state index in [1.165, 1.54) is 11.3 Å². The number of thiazole rings is 1. The van der Waals surface area contributed by atoms with Crippen LogP contribution in [-0.2, 0) is 0 Å². The van der Waals surface area contributed by atoms with Crippen molar-refractivity contribution in [2.24, 2.45) is 0 Å². The highest BCUT2D eigenvalue weighted by atomic mass is 32.1. The van der Waals surface area contributed by atoms with Gasteiger partial charge < -0.3 is 15.4 Å². The molecule has 9 heteroatoms. The minimum absolute atomic E-state index is 0.327. The van der Waals surface area contributed by atoms with Gasteiger partial charge in [0.15, 0.2) is 15.8 Å². The fourth-order valence-corrected chi connectivity index (χ4v) is 3.88. The number of methoxy groups -OCH3 is 1. The molecule has 0 atom stereocenters. The Kier molecular flexibility index (Phi) is 5.00. The topological polar surface area (TPSA) is 91.9 Å². The Bertz CT molecular complexity index is 1190. The fraction of sp³-hybridized carbons (Fsp3) is 0.0526. The lowest BCUT2D eigenvalue weighted by molar-refractivity contribution is 0.415. The number of benzene rings is 2. The number of thiocarbonyl (C=S) groups is 1. The van der Waals surface area contributed by atoms with Crippen LogP contribution < -0.4 is 20.9 Å². The molecule has 2 aromatic heterocycles. The van der Waals surface area contributed by atoms with Gasteiger partial charge in [-0.05, 0) is 36.5 Å². The zero-order valence-corrected chi connectivity index (χ0v) is 16.4. The maximum atomic E-state index is 12.2. The van der Waals surface area contributed by atoms with Crippen LogP contribution >= 0.6 is 23.6 Å². The lowest BCUT2D eigenvalue weighted by Gasteiger charge is -2.08. The van der Waals surface area contributed by atoms with Crippen molar-refractivity contribution in [3.05, 3.63) is 65.0 Å². The standard InChI is InChI=1S/C19H15N5O2S2/c1-26-13-9-7-12(8-10-13)20-18(27)22-19-21-15-16(28-19)14(23-24-17(15)25)11-5-3-2-4-6-11/h2-10H,1H3,(H,24,25)(H2,20,21,22,27). The highest BCUT2D eigenvalue weighted by Gasteiger charge is 2.15. The maximum absolute atomic E-state index is 12.2.